The Labute approximate surface area is 253 Å². The maximum Gasteiger partial charge on any atom is 0.135 e. The van der Waals surface area contributed by atoms with Crippen LogP contribution >= 0.6 is 0 Å². The topological polar surface area (TPSA) is 47.3 Å². The second kappa shape index (κ2) is 11.4. The molecule has 0 aliphatic heterocycles. The maximum absolute atomic E-state index is 12.6. The zero-order valence-electron chi connectivity index (χ0n) is 24.8. The Morgan fingerprint density at radius 1 is 0.767 bits per heavy atom. The Morgan fingerprint density at radius 3 is 1.81 bits per heavy atom. The van der Waals surface area contributed by atoms with E-state index in [0.717, 1.165) is 44.3 Å². The van der Waals surface area contributed by atoms with Crippen molar-refractivity contribution in [3.8, 4) is 5.75 Å². The molecule has 4 heteroatoms. The van der Waals surface area contributed by atoms with Gasteiger partial charge in [-0.1, -0.05) is 136 Å². The van der Waals surface area contributed by atoms with E-state index >= 15 is 0 Å². The van der Waals surface area contributed by atoms with E-state index in [1.807, 2.05) is 74.9 Å². The van der Waals surface area contributed by atoms with E-state index in [4.69, 9.17) is 9.72 Å². The largest absolute Gasteiger partial charge is 0.496 e. The van der Waals surface area contributed by atoms with E-state index < -0.39 is 11.1 Å². The van der Waals surface area contributed by atoms with Gasteiger partial charge in [0.15, 0.2) is 0 Å². The number of hydrogen-bond donors (Lipinski definition) is 1. The third kappa shape index (κ3) is 4.55. The molecule has 0 bridgehead atoms. The minimum Gasteiger partial charge on any atom is -0.496 e. The number of ether oxygens (including phenoxy) is 1. The standard InChI is InChI=1S/C39H36N2O2/c1-5-34-35-23-22-33(25-29(35)21-24-36(34)43-4)39(42,28(2)3)37-26-41(27-40-37)38(30-15-9-6-10-16-30,31-17-11-7-12-18-31)32-19-13-8-14-20-32/h5-28,42H,1H2,2-4H3. The zero-order chi connectivity index (χ0) is 30.0. The molecule has 5 aromatic carbocycles. The van der Waals surface area contributed by atoms with Gasteiger partial charge < -0.3 is 14.4 Å². The van der Waals surface area contributed by atoms with E-state index in [9.17, 15) is 5.11 Å². The van der Waals surface area contributed by atoms with Crippen LogP contribution in [0.2, 0.25) is 0 Å². The Morgan fingerprint density at radius 2 is 1.33 bits per heavy atom. The molecular formula is C39H36N2O2. The number of benzene rings is 5. The molecule has 0 saturated carbocycles. The van der Waals surface area contributed by atoms with Gasteiger partial charge in [0, 0.05) is 11.8 Å². The molecule has 214 valence electrons. The molecule has 1 aromatic heterocycles. The van der Waals surface area contributed by atoms with Crippen LogP contribution in [0.4, 0.5) is 0 Å². The number of nitrogens with zero attached hydrogens (tertiary/aromatic N) is 2. The van der Waals surface area contributed by atoms with E-state index in [0.29, 0.717) is 5.69 Å². The van der Waals surface area contributed by atoms with Gasteiger partial charge in [-0.05, 0) is 51.1 Å². The average molecular weight is 565 g/mol. The van der Waals surface area contributed by atoms with Crippen molar-refractivity contribution in [1.82, 2.24) is 9.55 Å². The molecule has 1 heterocycles. The summed E-state index contributed by atoms with van der Waals surface area (Å²) in [6.07, 6.45) is 5.69. The van der Waals surface area contributed by atoms with Gasteiger partial charge in [0.05, 0.1) is 19.1 Å². The molecule has 0 fully saturated rings. The highest BCUT2D eigenvalue weighted by Crippen LogP contribution is 2.43. The van der Waals surface area contributed by atoms with Gasteiger partial charge >= 0.3 is 0 Å². The number of fused-ring (bicyclic) bond motifs is 1. The predicted molar refractivity (Wildman–Crippen MR) is 175 cm³/mol. The molecule has 6 aromatic rings. The monoisotopic (exact) mass is 564 g/mol. The van der Waals surface area contributed by atoms with Crippen LogP contribution in [-0.2, 0) is 11.1 Å². The van der Waals surface area contributed by atoms with Crippen molar-refractivity contribution in [2.24, 2.45) is 5.92 Å². The first-order valence-corrected chi connectivity index (χ1v) is 14.6. The first-order chi connectivity index (χ1) is 20.9. The fourth-order valence-electron chi connectivity index (χ4n) is 6.42. The summed E-state index contributed by atoms with van der Waals surface area (Å²) in [6, 6.07) is 41.5. The van der Waals surface area contributed by atoms with Crippen molar-refractivity contribution >= 4 is 16.8 Å². The fourth-order valence-corrected chi connectivity index (χ4v) is 6.42. The van der Waals surface area contributed by atoms with Gasteiger partial charge in [-0.25, -0.2) is 4.98 Å². The lowest BCUT2D eigenvalue weighted by Crippen LogP contribution is -2.37. The van der Waals surface area contributed by atoms with Crippen LogP contribution in [-0.4, -0.2) is 21.8 Å². The highest BCUT2D eigenvalue weighted by Gasteiger charge is 2.42. The molecule has 43 heavy (non-hydrogen) atoms. The summed E-state index contributed by atoms with van der Waals surface area (Å²) in [5, 5.41) is 14.6. The molecule has 4 nitrogen and oxygen atoms in total. The highest BCUT2D eigenvalue weighted by molar-refractivity contribution is 5.93. The Kier molecular flexibility index (Phi) is 7.47. The van der Waals surface area contributed by atoms with E-state index in [1.54, 1.807) is 7.11 Å². The van der Waals surface area contributed by atoms with Gasteiger partial charge in [-0.3, -0.25) is 0 Å². The molecule has 0 aliphatic rings. The molecule has 0 aliphatic carbocycles. The number of methoxy groups -OCH3 is 1. The van der Waals surface area contributed by atoms with E-state index in [1.165, 1.54) is 0 Å². The number of imidazole rings is 1. The van der Waals surface area contributed by atoms with Crippen molar-refractivity contribution in [3.63, 3.8) is 0 Å². The molecule has 0 spiro atoms. The van der Waals surface area contributed by atoms with Gasteiger partial charge in [0.2, 0.25) is 0 Å². The second-order valence-corrected chi connectivity index (χ2v) is 11.2. The van der Waals surface area contributed by atoms with Crippen LogP contribution in [0.3, 0.4) is 0 Å². The van der Waals surface area contributed by atoms with Crippen LogP contribution in [0.1, 0.15) is 47.4 Å². The SMILES string of the molecule is C=Cc1c(OC)ccc2cc(C(O)(c3cn(C(c4ccccc4)(c4ccccc4)c4ccccc4)cn3)C(C)C)ccc12. The molecule has 0 amide bonds. The van der Waals surface area contributed by atoms with Crippen molar-refractivity contribution in [2.45, 2.75) is 25.0 Å². The minimum absolute atomic E-state index is 0.162. The van der Waals surface area contributed by atoms with Crippen molar-refractivity contribution in [3.05, 3.63) is 174 Å². The Balaban J connectivity index is 1.58. The molecule has 0 radical (unpaired) electrons. The first kappa shape index (κ1) is 28.2. The van der Waals surface area contributed by atoms with Crippen molar-refractivity contribution < 1.29 is 9.84 Å². The van der Waals surface area contributed by atoms with Crippen LogP contribution in [0.5, 0.6) is 5.75 Å². The number of hydrogen-bond acceptors (Lipinski definition) is 3. The molecular weight excluding hydrogens is 528 g/mol. The number of aliphatic hydroxyl groups is 1. The van der Waals surface area contributed by atoms with Crippen LogP contribution in [0, 0.1) is 5.92 Å². The smallest absolute Gasteiger partial charge is 0.135 e. The lowest BCUT2D eigenvalue weighted by Gasteiger charge is -2.37. The zero-order valence-corrected chi connectivity index (χ0v) is 24.8. The fraction of sp³-hybridized carbons (Fsp3) is 0.154. The summed E-state index contributed by atoms with van der Waals surface area (Å²) in [4.78, 5) is 4.95. The normalized spacial score (nSPS) is 13.1. The Bertz CT molecular complexity index is 1760. The third-order valence-corrected chi connectivity index (χ3v) is 8.66. The Hall–Kier alpha value is -4.93. The summed E-state index contributed by atoms with van der Waals surface area (Å²) in [6.45, 7) is 8.06. The highest BCUT2D eigenvalue weighted by atomic mass is 16.5. The molecule has 1 N–H and O–H groups in total. The summed E-state index contributed by atoms with van der Waals surface area (Å²) in [5.74, 6) is 0.609. The average Bonchev–Trinajstić information content (AvgIpc) is 3.56. The summed E-state index contributed by atoms with van der Waals surface area (Å²) < 4.78 is 7.71. The summed E-state index contributed by atoms with van der Waals surface area (Å²) in [5.41, 5.74) is 3.54. The molecule has 1 atom stereocenters. The van der Waals surface area contributed by atoms with Crippen LogP contribution in [0.15, 0.2) is 140 Å². The van der Waals surface area contributed by atoms with Gasteiger partial charge in [-0.15, -0.1) is 0 Å². The van der Waals surface area contributed by atoms with Gasteiger partial charge in [-0.2, -0.15) is 0 Å². The third-order valence-electron chi connectivity index (χ3n) is 8.66. The quantitative estimate of drug-likeness (QED) is 0.179. The predicted octanol–water partition coefficient (Wildman–Crippen LogP) is 8.42. The number of rotatable bonds is 9. The first-order valence-electron chi connectivity index (χ1n) is 14.6. The maximum atomic E-state index is 12.6. The van der Waals surface area contributed by atoms with Gasteiger partial charge in [0.1, 0.15) is 16.9 Å². The minimum atomic E-state index is -1.34. The molecule has 6 rings (SSSR count). The number of aromatic nitrogens is 2. The van der Waals surface area contributed by atoms with Gasteiger partial charge in [0.25, 0.3) is 0 Å². The van der Waals surface area contributed by atoms with E-state index in [2.05, 4.69) is 90.0 Å². The summed E-state index contributed by atoms with van der Waals surface area (Å²) >= 11 is 0. The molecule has 1 unspecified atom stereocenters. The second-order valence-electron chi connectivity index (χ2n) is 11.2. The molecule has 0 saturated heterocycles. The lowest BCUT2D eigenvalue weighted by molar-refractivity contribution is 0.0279. The lowest BCUT2D eigenvalue weighted by atomic mass is 9.76. The van der Waals surface area contributed by atoms with Crippen LogP contribution < -0.4 is 4.74 Å². The van der Waals surface area contributed by atoms with E-state index in [-0.39, 0.29) is 5.92 Å². The van der Waals surface area contributed by atoms with Crippen LogP contribution in [0.25, 0.3) is 16.8 Å². The van der Waals surface area contributed by atoms with Crippen molar-refractivity contribution in [1.29, 1.82) is 0 Å². The summed E-state index contributed by atoms with van der Waals surface area (Å²) in [7, 11) is 1.66. The van der Waals surface area contributed by atoms with Crippen molar-refractivity contribution in [2.75, 3.05) is 7.11 Å².